The molecule has 3 fully saturated rings. The fourth-order valence-corrected chi connectivity index (χ4v) is 9.29. The number of piperidine rings is 3. The SMILES string of the molecule is N#Cc1ccc(N2CCc3c(ncnc3Nc3ccc(C(=O)NC4CCN(CC5CCN(c6cc7c(cc6F)C(=O)N(C6CCC(=O)NC6=O)C7=O)CC5)CC4)nn3)C2)cc1Cl. The number of nitriles is 1. The molecule has 0 aliphatic carbocycles. The van der Waals surface area contributed by atoms with Gasteiger partial charge >= 0.3 is 0 Å². The van der Waals surface area contributed by atoms with Crippen molar-refractivity contribution in [3.63, 3.8) is 0 Å². The van der Waals surface area contributed by atoms with Gasteiger partial charge in [-0.15, -0.1) is 10.2 Å². The second-order valence-corrected chi connectivity index (χ2v) is 16.7. The Hall–Kier alpha value is -6.58. The maximum Gasteiger partial charge on any atom is 0.272 e. The van der Waals surface area contributed by atoms with Gasteiger partial charge in [0, 0.05) is 63.0 Å². The smallest absolute Gasteiger partial charge is 0.272 e. The highest BCUT2D eigenvalue weighted by Crippen LogP contribution is 2.35. The zero-order chi connectivity index (χ0) is 43.1. The molecule has 62 heavy (non-hydrogen) atoms. The summed E-state index contributed by atoms with van der Waals surface area (Å²) >= 11 is 6.28. The van der Waals surface area contributed by atoms with Crippen molar-refractivity contribution in [2.75, 3.05) is 54.4 Å². The summed E-state index contributed by atoms with van der Waals surface area (Å²) < 4.78 is 15.4. The molecule has 7 heterocycles. The van der Waals surface area contributed by atoms with E-state index < -0.39 is 35.5 Å². The predicted molar refractivity (Wildman–Crippen MR) is 223 cm³/mol. The molecule has 2 aromatic heterocycles. The predicted octanol–water partition coefficient (Wildman–Crippen LogP) is 3.75. The Bertz CT molecular complexity index is 2520. The molecule has 3 saturated heterocycles. The van der Waals surface area contributed by atoms with Crippen LogP contribution in [0.25, 0.3) is 0 Å². The van der Waals surface area contributed by atoms with Gasteiger partial charge in [-0.3, -0.25) is 34.2 Å². The average molecular weight is 861 g/mol. The Kier molecular flexibility index (Phi) is 11.2. The molecule has 0 bridgehead atoms. The first-order valence-corrected chi connectivity index (χ1v) is 21.1. The van der Waals surface area contributed by atoms with Gasteiger partial charge in [0.05, 0.1) is 39.6 Å². The van der Waals surface area contributed by atoms with Gasteiger partial charge in [-0.05, 0) is 86.9 Å². The van der Waals surface area contributed by atoms with E-state index >= 15 is 4.39 Å². The summed E-state index contributed by atoms with van der Waals surface area (Å²) in [6, 6.07) is 12.2. The lowest BCUT2D eigenvalue weighted by Gasteiger charge is -2.38. The van der Waals surface area contributed by atoms with Crippen LogP contribution in [0.2, 0.25) is 5.02 Å². The van der Waals surface area contributed by atoms with Gasteiger partial charge in [-0.25, -0.2) is 14.4 Å². The first kappa shape index (κ1) is 40.8. The first-order chi connectivity index (χ1) is 30.0. The van der Waals surface area contributed by atoms with E-state index in [9.17, 15) is 29.2 Å². The van der Waals surface area contributed by atoms with Crippen LogP contribution in [0, 0.1) is 23.1 Å². The Morgan fingerprint density at radius 1 is 0.887 bits per heavy atom. The van der Waals surface area contributed by atoms with Crippen molar-refractivity contribution < 1.29 is 28.4 Å². The highest BCUT2D eigenvalue weighted by atomic mass is 35.5. The molecular formula is C43H42ClFN12O5. The minimum absolute atomic E-state index is 0.00379. The van der Waals surface area contributed by atoms with Crippen molar-refractivity contribution in [2.45, 2.75) is 63.6 Å². The van der Waals surface area contributed by atoms with Crippen molar-refractivity contribution in [1.82, 2.24) is 40.6 Å². The van der Waals surface area contributed by atoms with Gasteiger partial charge in [-0.2, -0.15) is 5.26 Å². The van der Waals surface area contributed by atoms with E-state index in [1.807, 2.05) is 11.0 Å². The number of hydrogen-bond acceptors (Lipinski definition) is 14. The molecule has 5 aliphatic rings. The quantitative estimate of drug-likeness (QED) is 0.205. The lowest BCUT2D eigenvalue weighted by molar-refractivity contribution is -0.136. The van der Waals surface area contributed by atoms with E-state index in [0.29, 0.717) is 60.7 Å². The number of nitrogens with zero attached hydrogens (tertiary/aromatic N) is 9. The number of halogens is 2. The van der Waals surface area contributed by atoms with E-state index in [2.05, 4.69) is 52.0 Å². The molecule has 17 nitrogen and oxygen atoms in total. The van der Waals surface area contributed by atoms with Gasteiger partial charge < -0.3 is 25.3 Å². The largest absolute Gasteiger partial charge is 0.369 e. The third kappa shape index (κ3) is 8.12. The summed E-state index contributed by atoms with van der Waals surface area (Å²) in [5.74, 6) is -1.98. The number of benzene rings is 2. The maximum absolute atomic E-state index is 15.4. The summed E-state index contributed by atoms with van der Waals surface area (Å²) in [4.78, 5) is 79.9. The number of hydrogen-bond donors (Lipinski definition) is 3. The number of amides is 5. The van der Waals surface area contributed by atoms with E-state index in [-0.39, 0.29) is 47.3 Å². The van der Waals surface area contributed by atoms with Gasteiger partial charge in [0.25, 0.3) is 17.7 Å². The Labute approximate surface area is 360 Å². The third-order valence-corrected chi connectivity index (χ3v) is 12.8. The van der Waals surface area contributed by atoms with E-state index in [4.69, 9.17) is 11.6 Å². The number of aromatic nitrogens is 4. The van der Waals surface area contributed by atoms with Crippen molar-refractivity contribution in [1.29, 1.82) is 5.26 Å². The lowest BCUT2D eigenvalue weighted by Crippen LogP contribution is -2.54. The molecule has 19 heteroatoms. The van der Waals surface area contributed by atoms with Crippen LogP contribution in [0.5, 0.6) is 0 Å². The molecule has 5 amide bonds. The molecule has 2 aromatic carbocycles. The Balaban J connectivity index is 0.725. The minimum Gasteiger partial charge on any atom is -0.369 e. The Morgan fingerprint density at radius 3 is 2.37 bits per heavy atom. The van der Waals surface area contributed by atoms with E-state index in [1.165, 1.54) is 12.4 Å². The number of carbonyl (C=O) groups excluding carboxylic acids is 5. The van der Waals surface area contributed by atoms with Crippen LogP contribution in [-0.4, -0.2) is 111 Å². The second-order valence-electron chi connectivity index (χ2n) is 16.3. The number of likely N-dealkylation sites (tertiary alicyclic amines) is 1. The molecule has 318 valence electrons. The van der Waals surface area contributed by atoms with Crippen LogP contribution in [0.3, 0.4) is 0 Å². The van der Waals surface area contributed by atoms with Crippen LogP contribution in [0.15, 0.2) is 48.8 Å². The highest BCUT2D eigenvalue weighted by molar-refractivity contribution is 6.32. The number of rotatable bonds is 9. The van der Waals surface area contributed by atoms with Gasteiger partial charge in [0.2, 0.25) is 11.8 Å². The fraction of sp³-hybridized carbons (Fsp3) is 0.395. The zero-order valence-electron chi connectivity index (χ0n) is 33.6. The van der Waals surface area contributed by atoms with Crippen molar-refractivity contribution in [3.05, 3.63) is 93.3 Å². The van der Waals surface area contributed by atoms with Crippen LogP contribution in [0.1, 0.15) is 86.6 Å². The summed E-state index contributed by atoms with van der Waals surface area (Å²) in [5.41, 5.74) is 3.63. The summed E-state index contributed by atoms with van der Waals surface area (Å²) in [6.07, 6.45) is 5.42. The van der Waals surface area contributed by atoms with Crippen LogP contribution in [0.4, 0.5) is 27.4 Å². The number of imide groups is 2. The molecule has 5 aliphatic heterocycles. The van der Waals surface area contributed by atoms with Gasteiger partial charge in [0.1, 0.15) is 30.1 Å². The van der Waals surface area contributed by atoms with Crippen molar-refractivity contribution >= 4 is 64.1 Å². The summed E-state index contributed by atoms with van der Waals surface area (Å²) in [6.45, 7) is 4.94. The minimum atomic E-state index is -1.11. The topological polar surface area (TPSA) is 210 Å². The molecule has 3 N–H and O–H groups in total. The maximum atomic E-state index is 15.4. The van der Waals surface area contributed by atoms with Crippen LogP contribution < -0.4 is 25.8 Å². The molecular weight excluding hydrogens is 819 g/mol. The number of fused-ring (bicyclic) bond motifs is 2. The van der Waals surface area contributed by atoms with Crippen LogP contribution >= 0.6 is 11.6 Å². The number of carbonyl (C=O) groups is 5. The van der Waals surface area contributed by atoms with Gasteiger partial charge in [0.15, 0.2) is 11.5 Å². The third-order valence-electron chi connectivity index (χ3n) is 12.5. The Morgan fingerprint density at radius 2 is 1.66 bits per heavy atom. The lowest BCUT2D eigenvalue weighted by atomic mass is 9.94. The van der Waals surface area contributed by atoms with Gasteiger partial charge in [-0.1, -0.05) is 11.6 Å². The van der Waals surface area contributed by atoms with Crippen molar-refractivity contribution in [2.24, 2.45) is 5.92 Å². The van der Waals surface area contributed by atoms with Crippen molar-refractivity contribution in [3.8, 4) is 6.07 Å². The van der Waals surface area contributed by atoms with Crippen LogP contribution in [-0.2, 0) is 22.6 Å². The number of anilines is 4. The standard InChI is InChI=1S/C43H42ClFN12O5/c44-31-17-27(2-1-25(31)20-46)56-16-11-28-34(22-56)47-23-48-39(28)50-37-5-3-33(52-53-37)40(59)49-26-9-12-54(13-10-26)21-24-7-14-55(15-8-24)36-19-30-29(18-32(36)45)42(61)57(43(30)62)35-4-6-38(58)51-41(35)60/h1-3,5,17-19,23-24,26,35H,4,6-16,21-22H2,(H,49,59)(H,51,58,60)(H,47,48,50,53). The first-order valence-electron chi connectivity index (χ1n) is 20.7. The second kappa shape index (κ2) is 17.1. The monoisotopic (exact) mass is 860 g/mol. The van der Waals surface area contributed by atoms with E-state index in [1.54, 1.807) is 24.3 Å². The summed E-state index contributed by atoms with van der Waals surface area (Å²) in [7, 11) is 0. The highest BCUT2D eigenvalue weighted by Gasteiger charge is 2.45. The fourth-order valence-electron chi connectivity index (χ4n) is 9.08. The molecule has 0 radical (unpaired) electrons. The van der Waals surface area contributed by atoms with E-state index in [0.717, 1.165) is 73.2 Å². The molecule has 9 rings (SSSR count). The average Bonchev–Trinajstić information content (AvgIpc) is 3.51. The molecule has 0 spiro atoms. The molecule has 1 unspecified atom stereocenters. The zero-order valence-corrected chi connectivity index (χ0v) is 34.3. The summed E-state index contributed by atoms with van der Waals surface area (Å²) in [5, 5.41) is 26.6. The normalized spacial score (nSPS) is 19.8. The molecule has 1 atom stereocenters. The molecule has 4 aromatic rings. The number of nitrogens with one attached hydrogen (secondary N) is 3. The molecule has 0 saturated carbocycles.